The Morgan fingerprint density at radius 2 is 2.24 bits per heavy atom. The van der Waals surface area contributed by atoms with E-state index in [1.165, 1.54) is 0 Å². The summed E-state index contributed by atoms with van der Waals surface area (Å²) >= 11 is 5.25. The normalized spacial score (nSPS) is 10.6. The molecule has 0 aliphatic carbocycles. The van der Waals surface area contributed by atoms with E-state index in [9.17, 15) is 18.4 Å². The van der Waals surface area contributed by atoms with Crippen molar-refractivity contribution < 1.29 is 18.4 Å². The van der Waals surface area contributed by atoms with E-state index in [1.54, 1.807) is 0 Å². The van der Waals surface area contributed by atoms with E-state index >= 15 is 0 Å². The summed E-state index contributed by atoms with van der Waals surface area (Å²) in [6.07, 6.45) is -1.54. The van der Waals surface area contributed by atoms with Gasteiger partial charge in [0, 0.05) is 6.20 Å². The molecule has 0 aromatic carbocycles. The lowest BCUT2D eigenvalue weighted by Crippen LogP contribution is -2.18. The summed E-state index contributed by atoms with van der Waals surface area (Å²) in [5.74, 6) is -1.85. The van der Waals surface area contributed by atoms with Crippen LogP contribution >= 0.6 is 11.6 Å². The number of primary amides is 1. The SMILES string of the molecule is NC(=O)c1nn(CC(F)F)cc1NC(=O)CCl. The largest absolute Gasteiger partial charge is 0.364 e. The molecule has 9 heteroatoms. The van der Waals surface area contributed by atoms with Gasteiger partial charge in [0.1, 0.15) is 12.4 Å². The number of nitrogens with one attached hydrogen (secondary N) is 1. The van der Waals surface area contributed by atoms with E-state index in [0.717, 1.165) is 10.9 Å². The number of alkyl halides is 3. The van der Waals surface area contributed by atoms with Crippen LogP contribution < -0.4 is 11.1 Å². The molecule has 17 heavy (non-hydrogen) atoms. The topological polar surface area (TPSA) is 90.0 Å². The summed E-state index contributed by atoms with van der Waals surface area (Å²) in [6, 6.07) is 0. The maximum Gasteiger partial charge on any atom is 0.271 e. The number of carbonyl (C=O) groups is 2. The third-order valence-electron chi connectivity index (χ3n) is 1.72. The highest BCUT2D eigenvalue weighted by molar-refractivity contribution is 6.29. The van der Waals surface area contributed by atoms with Gasteiger partial charge in [-0.25, -0.2) is 8.78 Å². The molecule has 0 aliphatic heterocycles. The first-order chi connectivity index (χ1) is 7.93. The number of hydrogen-bond donors (Lipinski definition) is 2. The zero-order valence-corrected chi connectivity index (χ0v) is 9.25. The molecule has 0 atom stereocenters. The smallest absolute Gasteiger partial charge is 0.271 e. The average Bonchev–Trinajstić information content (AvgIpc) is 2.59. The van der Waals surface area contributed by atoms with Gasteiger partial charge in [-0.15, -0.1) is 11.6 Å². The van der Waals surface area contributed by atoms with Crippen LogP contribution in [0.15, 0.2) is 6.20 Å². The second-order valence-corrected chi connectivity index (χ2v) is 3.32. The van der Waals surface area contributed by atoms with Gasteiger partial charge in [-0.1, -0.05) is 0 Å². The second kappa shape index (κ2) is 5.58. The lowest BCUT2D eigenvalue weighted by Gasteiger charge is -1.99. The molecule has 94 valence electrons. The lowest BCUT2D eigenvalue weighted by atomic mass is 10.3. The molecule has 1 heterocycles. The maximum atomic E-state index is 12.1. The van der Waals surface area contributed by atoms with Gasteiger partial charge in [-0.2, -0.15) is 5.10 Å². The standard InChI is InChI=1S/C8H9ClF2N4O2/c9-1-6(16)13-4-2-15(3-5(10)11)14-7(4)8(12)17/h2,5H,1,3H2,(H2,12,17)(H,13,16). The van der Waals surface area contributed by atoms with Crippen molar-refractivity contribution in [2.24, 2.45) is 5.73 Å². The van der Waals surface area contributed by atoms with Gasteiger partial charge in [0.05, 0.1) is 5.69 Å². The number of rotatable bonds is 5. The minimum absolute atomic E-state index is 0.0381. The molecular formula is C8H9ClF2N4O2. The van der Waals surface area contributed by atoms with Crippen LogP contribution in [0, 0.1) is 0 Å². The fourth-order valence-corrected chi connectivity index (χ4v) is 1.18. The van der Waals surface area contributed by atoms with E-state index in [4.69, 9.17) is 17.3 Å². The Hall–Kier alpha value is -1.70. The Morgan fingerprint density at radius 1 is 1.59 bits per heavy atom. The van der Waals surface area contributed by atoms with Gasteiger partial charge in [0.15, 0.2) is 5.69 Å². The van der Waals surface area contributed by atoms with Crippen molar-refractivity contribution in [1.29, 1.82) is 0 Å². The van der Waals surface area contributed by atoms with Gasteiger partial charge in [0.25, 0.3) is 12.3 Å². The van der Waals surface area contributed by atoms with Crippen LogP contribution in [0.2, 0.25) is 0 Å². The number of halogens is 3. The first-order valence-corrected chi connectivity index (χ1v) is 4.98. The molecular weight excluding hydrogens is 258 g/mol. The molecule has 1 rings (SSSR count). The highest BCUT2D eigenvalue weighted by Crippen LogP contribution is 2.14. The number of nitrogens with zero attached hydrogens (tertiary/aromatic N) is 2. The monoisotopic (exact) mass is 266 g/mol. The van der Waals surface area contributed by atoms with E-state index < -0.39 is 24.8 Å². The van der Waals surface area contributed by atoms with Crippen molar-refractivity contribution in [3.63, 3.8) is 0 Å². The van der Waals surface area contributed by atoms with Gasteiger partial charge >= 0.3 is 0 Å². The summed E-state index contributed by atoms with van der Waals surface area (Å²) in [6.45, 7) is -0.697. The Labute approximate surface area is 99.7 Å². The zero-order chi connectivity index (χ0) is 13.0. The summed E-state index contributed by atoms with van der Waals surface area (Å²) in [5.41, 5.74) is 4.66. The third-order valence-corrected chi connectivity index (χ3v) is 1.96. The lowest BCUT2D eigenvalue weighted by molar-refractivity contribution is -0.113. The van der Waals surface area contributed by atoms with Crippen molar-refractivity contribution >= 4 is 29.1 Å². The van der Waals surface area contributed by atoms with E-state index in [2.05, 4.69) is 10.4 Å². The molecule has 6 nitrogen and oxygen atoms in total. The maximum absolute atomic E-state index is 12.1. The molecule has 2 amide bonds. The summed E-state index contributed by atoms with van der Waals surface area (Å²) in [4.78, 5) is 22.0. The Kier molecular flexibility index (Phi) is 4.38. The number of nitrogens with two attached hydrogens (primary N) is 1. The van der Waals surface area contributed by atoms with E-state index in [0.29, 0.717) is 0 Å². The number of carbonyl (C=O) groups excluding carboxylic acids is 2. The molecule has 0 spiro atoms. The van der Waals surface area contributed by atoms with Gasteiger partial charge in [0.2, 0.25) is 5.91 Å². The molecule has 0 aliphatic rings. The minimum atomic E-state index is -2.63. The fourth-order valence-electron chi connectivity index (χ4n) is 1.11. The third kappa shape index (κ3) is 3.66. The number of anilines is 1. The van der Waals surface area contributed by atoms with Gasteiger partial charge in [-0.05, 0) is 0 Å². The van der Waals surface area contributed by atoms with Crippen LogP contribution in [0.25, 0.3) is 0 Å². The first-order valence-electron chi connectivity index (χ1n) is 4.45. The molecule has 0 radical (unpaired) electrons. The van der Waals surface area contributed by atoms with Crippen molar-refractivity contribution in [2.45, 2.75) is 13.0 Å². The molecule has 0 bridgehead atoms. The van der Waals surface area contributed by atoms with Crippen LogP contribution in [0.5, 0.6) is 0 Å². The molecule has 0 fully saturated rings. The van der Waals surface area contributed by atoms with Crippen LogP contribution in [0.4, 0.5) is 14.5 Å². The van der Waals surface area contributed by atoms with Crippen molar-refractivity contribution in [2.75, 3.05) is 11.2 Å². The Morgan fingerprint density at radius 3 is 2.71 bits per heavy atom. The Balaban J connectivity index is 2.96. The molecule has 1 aromatic heterocycles. The number of amides is 2. The summed E-state index contributed by atoms with van der Waals surface area (Å²) < 4.78 is 25.0. The van der Waals surface area contributed by atoms with Crippen molar-refractivity contribution in [3.05, 3.63) is 11.9 Å². The van der Waals surface area contributed by atoms with E-state index in [1.807, 2.05) is 0 Å². The van der Waals surface area contributed by atoms with Crippen molar-refractivity contribution in [3.8, 4) is 0 Å². The fraction of sp³-hybridized carbons (Fsp3) is 0.375. The van der Waals surface area contributed by atoms with Gasteiger partial charge < -0.3 is 11.1 Å². The number of aromatic nitrogens is 2. The van der Waals surface area contributed by atoms with Crippen LogP contribution in [0.3, 0.4) is 0 Å². The highest BCUT2D eigenvalue weighted by atomic mass is 35.5. The van der Waals surface area contributed by atoms with Crippen LogP contribution in [-0.2, 0) is 11.3 Å². The number of hydrogen-bond acceptors (Lipinski definition) is 3. The van der Waals surface area contributed by atoms with Crippen LogP contribution in [-0.4, -0.2) is 33.9 Å². The molecule has 0 unspecified atom stereocenters. The van der Waals surface area contributed by atoms with Crippen LogP contribution in [0.1, 0.15) is 10.5 Å². The predicted octanol–water partition coefficient (Wildman–Crippen LogP) is 0.424. The minimum Gasteiger partial charge on any atom is -0.364 e. The molecule has 0 saturated heterocycles. The van der Waals surface area contributed by atoms with Crippen molar-refractivity contribution in [1.82, 2.24) is 9.78 Å². The zero-order valence-electron chi connectivity index (χ0n) is 8.49. The molecule has 0 saturated carbocycles. The second-order valence-electron chi connectivity index (χ2n) is 3.05. The average molecular weight is 267 g/mol. The van der Waals surface area contributed by atoms with E-state index in [-0.39, 0.29) is 17.3 Å². The quantitative estimate of drug-likeness (QED) is 0.757. The molecule has 1 aromatic rings. The highest BCUT2D eigenvalue weighted by Gasteiger charge is 2.17. The Bertz CT molecular complexity index is 435. The predicted molar refractivity (Wildman–Crippen MR) is 56.1 cm³/mol. The first kappa shape index (κ1) is 13.4. The summed E-state index contributed by atoms with van der Waals surface area (Å²) in [7, 11) is 0. The summed E-state index contributed by atoms with van der Waals surface area (Å²) in [5, 5.41) is 5.78. The molecule has 3 N–H and O–H groups in total. The van der Waals surface area contributed by atoms with Gasteiger partial charge in [-0.3, -0.25) is 14.3 Å².